The first-order valence-electron chi connectivity index (χ1n) is 9.25. The zero-order valence-electron chi connectivity index (χ0n) is 14.8. The summed E-state index contributed by atoms with van der Waals surface area (Å²) >= 11 is 0. The summed E-state index contributed by atoms with van der Waals surface area (Å²) in [4.78, 5) is 15.0. The van der Waals surface area contributed by atoms with Crippen LogP contribution < -0.4 is 5.32 Å². The van der Waals surface area contributed by atoms with Crippen LogP contribution in [0.25, 0.3) is 0 Å². The maximum Gasteiger partial charge on any atom is 0.274 e. The van der Waals surface area contributed by atoms with Gasteiger partial charge in [-0.1, -0.05) is 37.3 Å². The number of hydrogen-bond donors (Lipinski definition) is 2. The van der Waals surface area contributed by atoms with Gasteiger partial charge in [0.05, 0.1) is 0 Å². The van der Waals surface area contributed by atoms with Gasteiger partial charge in [-0.3, -0.25) is 9.89 Å². The molecule has 5 nitrogen and oxygen atoms in total. The molecule has 2 N–H and O–H groups in total. The molecule has 0 radical (unpaired) electrons. The Morgan fingerprint density at radius 1 is 1.32 bits per heavy atom. The fourth-order valence-corrected chi connectivity index (χ4v) is 4.04. The van der Waals surface area contributed by atoms with Crippen molar-refractivity contribution in [2.45, 2.75) is 39.2 Å². The second-order valence-electron chi connectivity index (χ2n) is 7.73. The molecule has 1 saturated heterocycles. The van der Waals surface area contributed by atoms with E-state index in [1.165, 1.54) is 5.56 Å². The van der Waals surface area contributed by atoms with Gasteiger partial charge < -0.3 is 10.2 Å². The Morgan fingerprint density at radius 2 is 2.16 bits per heavy atom. The molecule has 4 rings (SSSR count). The van der Waals surface area contributed by atoms with Crippen molar-refractivity contribution in [1.82, 2.24) is 20.4 Å². The number of amides is 1. The number of H-pyrrole nitrogens is 1. The van der Waals surface area contributed by atoms with Gasteiger partial charge in [0.15, 0.2) is 5.69 Å². The Balaban J connectivity index is 1.41. The molecular formula is C20H26N4O. The Morgan fingerprint density at radius 3 is 3.00 bits per heavy atom. The maximum atomic E-state index is 13.0. The summed E-state index contributed by atoms with van der Waals surface area (Å²) in [5.41, 5.74) is 4.37. The van der Waals surface area contributed by atoms with Crippen LogP contribution in [-0.2, 0) is 19.4 Å². The van der Waals surface area contributed by atoms with Gasteiger partial charge >= 0.3 is 0 Å². The second kappa shape index (κ2) is 6.64. The van der Waals surface area contributed by atoms with Crippen LogP contribution >= 0.6 is 0 Å². The summed E-state index contributed by atoms with van der Waals surface area (Å²) in [6.45, 7) is 5.66. The normalized spacial score (nSPS) is 22.8. The van der Waals surface area contributed by atoms with Crippen molar-refractivity contribution in [3.05, 3.63) is 52.8 Å². The lowest BCUT2D eigenvalue weighted by molar-refractivity contribution is 0.0766. The van der Waals surface area contributed by atoms with Gasteiger partial charge in [0, 0.05) is 43.9 Å². The lowest BCUT2D eigenvalue weighted by Crippen LogP contribution is -2.33. The number of rotatable bonds is 4. The van der Waals surface area contributed by atoms with E-state index in [1.807, 2.05) is 4.90 Å². The minimum absolute atomic E-state index is 0.0876. The Hall–Kier alpha value is -2.14. The number of likely N-dealkylation sites (tertiary alicyclic amines) is 1. The largest absolute Gasteiger partial charge is 0.337 e. The predicted octanol–water partition coefficient (Wildman–Crippen LogP) is 2.54. The van der Waals surface area contributed by atoms with Crippen molar-refractivity contribution in [2.75, 3.05) is 19.6 Å². The van der Waals surface area contributed by atoms with Gasteiger partial charge in [0.2, 0.25) is 0 Å². The van der Waals surface area contributed by atoms with E-state index in [2.05, 4.69) is 52.8 Å². The SMILES string of the molecule is CC1(CCc2ccccc2)CCN(C(=O)c2n[nH]c3c2CNCC3)C1. The number of carbonyl (C=O) groups is 1. The third-order valence-electron chi connectivity index (χ3n) is 5.71. The number of benzene rings is 1. The maximum absolute atomic E-state index is 13.0. The van der Waals surface area contributed by atoms with Crippen LogP contribution in [0.3, 0.4) is 0 Å². The number of aryl methyl sites for hydroxylation is 1. The molecule has 2 aliphatic rings. The second-order valence-corrected chi connectivity index (χ2v) is 7.73. The van der Waals surface area contributed by atoms with Crippen LogP contribution in [0.5, 0.6) is 0 Å². The lowest BCUT2D eigenvalue weighted by Gasteiger charge is -2.24. The fraction of sp³-hybridized carbons (Fsp3) is 0.500. The van der Waals surface area contributed by atoms with Gasteiger partial charge in [0.1, 0.15) is 0 Å². The minimum atomic E-state index is 0.0876. The Labute approximate surface area is 148 Å². The first kappa shape index (κ1) is 16.3. The van der Waals surface area contributed by atoms with Crippen LogP contribution in [0.2, 0.25) is 0 Å². The number of nitrogens with zero attached hydrogens (tertiary/aromatic N) is 2. The van der Waals surface area contributed by atoms with E-state index >= 15 is 0 Å². The molecule has 0 aliphatic carbocycles. The van der Waals surface area contributed by atoms with E-state index in [0.717, 1.165) is 63.1 Å². The van der Waals surface area contributed by atoms with Crippen molar-refractivity contribution in [1.29, 1.82) is 0 Å². The highest BCUT2D eigenvalue weighted by atomic mass is 16.2. The first-order chi connectivity index (χ1) is 12.1. The molecule has 1 amide bonds. The highest BCUT2D eigenvalue weighted by Crippen LogP contribution is 2.35. The summed E-state index contributed by atoms with van der Waals surface area (Å²) in [6, 6.07) is 10.6. The zero-order valence-corrected chi connectivity index (χ0v) is 14.8. The van der Waals surface area contributed by atoms with E-state index < -0.39 is 0 Å². The number of nitrogens with one attached hydrogen (secondary N) is 2. The Kier molecular flexibility index (Phi) is 4.34. The molecule has 1 aromatic heterocycles. The van der Waals surface area contributed by atoms with Gasteiger partial charge in [0.25, 0.3) is 5.91 Å². The number of fused-ring (bicyclic) bond motifs is 1. The van der Waals surface area contributed by atoms with Gasteiger partial charge in [-0.25, -0.2) is 0 Å². The standard InChI is InChI=1S/C20H26N4O/c1-20(9-7-15-5-3-2-4-6-15)10-12-24(14-20)19(25)18-16-13-21-11-8-17(16)22-23-18/h2-6,21H,7-14H2,1H3,(H,22,23). The molecule has 0 saturated carbocycles. The van der Waals surface area contributed by atoms with Crippen molar-refractivity contribution in [3.63, 3.8) is 0 Å². The molecule has 1 aromatic carbocycles. The molecule has 1 unspecified atom stereocenters. The van der Waals surface area contributed by atoms with Gasteiger partial charge in [-0.15, -0.1) is 0 Å². The van der Waals surface area contributed by atoms with Crippen molar-refractivity contribution in [3.8, 4) is 0 Å². The van der Waals surface area contributed by atoms with E-state index in [0.29, 0.717) is 5.69 Å². The topological polar surface area (TPSA) is 61.0 Å². The average molecular weight is 338 g/mol. The van der Waals surface area contributed by atoms with E-state index in [4.69, 9.17) is 0 Å². The number of carbonyl (C=O) groups excluding carboxylic acids is 1. The highest BCUT2D eigenvalue weighted by molar-refractivity contribution is 5.94. The molecule has 2 aliphatic heterocycles. The smallest absolute Gasteiger partial charge is 0.274 e. The minimum Gasteiger partial charge on any atom is -0.337 e. The van der Waals surface area contributed by atoms with Gasteiger partial charge in [-0.2, -0.15) is 5.10 Å². The van der Waals surface area contributed by atoms with E-state index in [-0.39, 0.29) is 11.3 Å². The molecule has 132 valence electrons. The number of aromatic amines is 1. The zero-order chi connectivity index (χ0) is 17.3. The van der Waals surface area contributed by atoms with E-state index in [9.17, 15) is 4.79 Å². The Bertz CT molecular complexity index is 754. The predicted molar refractivity (Wildman–Crippen MR) is 97.4 cm³/mol. The van der Waals surface area contributed by atoms with Crippen LogP contribution in [0.4, 0.5) is 0 Å². The molecule has 0 spiro atoms. The summed E-state index contributed by atoms with van der Waals surface area (Å²) in [5, 5.41) is 10.7. The van der Waals surface area contributed by atoms with Crippen LogP contribution in [0.15, 0.2) is 30.3 Å². The summed E-state index contributed by atoms with van der Waals surface area (Å²) in [7, 11) is 0. The highest BCUT2D eigenvalue weighted by Gasteiger charge is 2.37. The molecule has 3 heterocycles. The third-order valence-corrected chi connectivity index (χ3v) is 5.71. The lowest BCUT2D eigenvalue weighted by atomic mass is 9.83. The summed E-state index contributed by atoms with van der Waals surface area (Å²) < 4.78 is 0. The number of aromatic nitrogens is 2. The van der Waals surface area contributed by atoms with Gasteiger partial charge in [-0.05, 0) is 30.2 Å². The monoisotopic (exact) mass is 338 g/mol. The first-order valence-corrected chi connectivity index (χ1v) is 9.25. The third kappa shape index (κ3) is 3.33. The van der Waals surface area contributed by atoms with E-state index in [1.54, 1.807) is 0 Å². The average Bonchev–Trinajstić information content (AvgIpc) is 3.25. The summed E-state index contributed by atoms with van der Waals surface area (Å²) in [5.74, 6) is 0.0876. The summed E-state index contributed by atoms with van der Waals surface area (Å²) in [6.07, 6.45) is 4.17. The van der Waals surface area contributed by atoms with Crippen LogP contribution in [0, 0.1) is 5.41 Å². The van der Waals surface area contributed by atoms with Crippen LogP contribution in [0.1, 0.15) is 47.1 Å². The molecule has 0 bridgehead atoms. The van der Waals surface area contributed by atoms with Crippen molar-refractivity contribution in [2.24, 2.45) is 5.41 Å². The quantitative estimate of drug-likeness (QED) is 0.901. The van der Waals surface area contributed by atoms with Crippen molar-refractivity contribution < 1.29 is 4.79 Å². The molecule has 1 fully saturated rings. The molecule has 2 aromatic rings. The fourth-order valence-electron chi connectivity index (χ4n) is 4.04. The number of hydrogen-bond acceptors (Lipinski definition) is 3. The van der Waals surface area contributed by atoms with Crippen LogP contribution in [-0.4, -0.2) is 40.6 Å². The van der Waals surface area contributed by atoms with Crippen molar-refractivity contribution >= 4 is 5.91 Å². The molecule has 1 atom stereocenters. The molecule has 5 heteroatoms. The molecule has 25 heavy (non-hydrogen) atoms. The molecular weight excluding hydrogens is 312 g/mol.